The first-order chi connectivity index (χ1) is 8.55. The molecule has 1 heterocycles. The van der Waals surface area contributed by atoms with Gasteiger partial charge in [-0.15, -0.1) is 0 Å². The summed E-state index contributed by atoms with van der Waals surface area (Å²) in [5.74, 6) is 2.20. The monoisotopic (exact) mass is 261 g/mol. The number of aromatic nitrogens is 2. The minimum absolute atomic E-state index is 0.0250. The molecule has 0 atom stereocenters. The molecular formula is C14H23N5. The van der Waals surface area contributed by atoms with Crippen LogP contribution in [0.15, 0.2) is 6.07 Å². The second-order valence-corrected chi connectivity index (χ2v) is 6.25. The molecule has 1 aromatic rings. The van der Waals surface area contributed by atoms with Crippen molar-refractivity contribution in [2.75, 3.05) is 17.3 Å². The van der Waals surface area contributed by atoms with E-state index < -0.39 is 5.54 Å². The van der Waals surface area contributed by atoms with Crippen molar-refractivity contribution >= 4 is 11.6 Å². The predicted octanol–water partition coefficient (Wildman–Crippen LogP) is 2.73. The van der Waals surface area contributed by atoms with Crippen molar-refractivity contribution in [1.29, 1.82) is 5.26 Å². The van der Waals surface area contributed by atoms with Gasteiger partial charge >= 0.3 is 0 Å². The molecule has 19 heavy (non-hydrogen) atoms. The number of aryl methyl sites for hydroxylation is 1. The molecule has 0 radical (unpaired) electrons. The van der Waals surface area contributed by atoms with Crippen molar-refractivity contribution in [2.45, 2.75) is 52.6 Å². The molecule has 0 spiro atoms. The maximum absolute atomic E-state index is 9.07. The van der Waals surface area contributed by atoms with Crippen molar-refractivity contribution in [2.24, 2.45) is 0 Å². The van der Waals surface area contributed by atoms with Gasteiger partial charge in [-0.3, -0.25) is 0 Å². The first kappa shape index (κ1) is 15.2. The Balaban J connectivity index is 3.12. The molecule has 0 bridgehead atoms. The zero-order valence-corrected chi connectivity index (χ0v) is 12.9. The van der Waals surface area contributed by atoms with Crippen LogP contribution in [-0.4, -0.2) is 28.1 Å². The number of nitrogens with one attached hydrogen (secondary N) is 1. The zero-order chi connectivity index (χ0) is 14.8. The van der Waals surface area contributed by atoms with Gasteiger partial charge in [0.05, 0.1) is 6.07 Å². The minimum Gasteiger partial charge on any atom is -0.355 e. The van der Waals surface area contributed by atoms with E-state index >= 15 is 0 Å². The van der Waals surface area contributed by atoms with Gasteiger partial charge in [-0.25, -0.2) is 9.97 Å². The van der Waals surface area contributed by atoms with E-state index in [9.17, 15) is 0 Å². The summed E-state index contributed by atoms with van der Waals surface area (Å²) in [7, 11) is 2.00. The minimum atomic E-state index is -0.654. The van der Waals surface area contributed by atoms with Gasteiger partial charge in [-0.1, -0.05) is 0 Å². The molecule has 0 aliphatic heterocycles. The van der Waals surface area contributed by atoms with Crippen molar-refractivity contribution in [3.05, 3.63) is 11.9 Å². The number of hydrogen-bond donors (Lipinski definition) is 1. The first-order valence-corrected chi connectivity index (χ1v) is 6.34. The molecule has 5 heteroatoms. The molecule has 0 saturated carbocycles. The Morgan fingerprint density at radius 3 is 2.26 bits per heavy atom. The van der Waals surface area contributed by atoms with Crippen LogP contribution in [-0.2, 0) is 0 Å². The van der Waals surface area contributed by atoms with Crippen LogP contribution in [0.1, 0.15) is 40.4 Å². The summed E-state index contributed by atoms with van der Waals surface area (Å²) in [5.41, 5.74) is -0.679. The molecule has 0 unspecified atom stereocenters. The summed E-state index contributed by atoms with van der Waals surface area (Å²) >= 11 is 0. The van der Waals surface area contributed by atoms with E-state index in [1.165, 1.54) is 0 Å². The number of rotatable bonds is 3. The van der Waals surface area contributed by atoms with Gasteiger partial charge in [-0.2, -0.15) is 5.26 Å². The van der Waals surface area contributed by atoms with Crippen molar-refractivity contribution in [3.8, 4) is 6.07 Å². The Morgan fingerprint density at radius 2 is 1.79 bits per heavy atom. The Hall–Kier alpha value is -1.83. The van der Waals surface area contributed by atoms with Crippen LogP contribution in [0.25, 0.3) is 0 Å². The molecule has 1 rings (SSSR count). The van der Waals surface area contributed by atoms with E-state index in [0.717, 1.165) is 5.82 Å². The number of hydrogen-bond acceptors (Lipinski definition) is 5. The molecule has 0 aromatic carbocycles. The maximum atomic E-state index is 9.07. The molecular weight excluding hydrogens is 238 g/mol. The van der Waals surface area contributed by atoms with E-state index in [2.05, 4.69) is 47.0 Å². The third-order valence-corrected chi connectivity index (χ3v) is 2.89. The lowest BCUT2D eigenvalue weighted by Gasteiger charge is -2.33. The normalized spacial score (nSPS) is 11.9. The summed E-state index contributed by atoms with van der Waals surface area (Å²) in [6.45, 7) is 11.9. The van der Waals surface area contributed by atoms with Gasteiger partial charge in [0.15, 0.2) is 0 Å². The van der Waals surface area contributed by atoms with E-state index in [-0.39, 0.29) is 5.54 Å². The molecule has 0 aliphatic carbocycles. The number of nitriles is 1. The SMILES string of the molecule is Cc1nc(NC(C)(C)C#N)cc(N(C)C(C)(C)C)n1. The van der Waals surface area contributed by atoms with Gasteiger partial charge in [0.2, 0.25) is 0 Å². The lowest BCUT2D eigenvalue weighted by Crippen LogP contribution is -2.39. The van der Waals surface area contributed by atoms with E-state index in [1.54, 1.807) is 0 Å². The molecule has 5 nitrogen and oxygen atoms in total. The summed E-state index contributed by atoms with van der Waals surface area (Å²) in [5, 5.41) is 12.2. The molecule has 0 saturated heterocycles. The van der Waals surface area contributed by atoms with Crippen molar-refractivity contribution in [1.82, 2.24) is 9.97 Å². The highest BCUT2D eigenvalue weighted by atomic mass is 15.2. The number of nitrogens with zero attached hydrogens (tertiary/aromatic N) is 4. The predicted molar refractivity (Wildman–Crippen MR) is 78.2 cm³/mol. The second-order valence-electron chi connectivity index (χ2n) is 6.25. The van der Waals surface area contributed by atoms with Gasteiger partial charge < -0.3 is 10.2 Å². The highest BCUT2D eigenvalue weighted by Crippen LogP contribution is 2.23. The Morgan fingerprint density at radius 1 is 1.21 bits per heavy atom. The third kappa shape index (κ3) is 4.09. The first-order valence-electron chi connectivity index (χ1n) is 6.34. The van der Waals surface area contributed by atoms with E-state index in [1.807, 2.05) is 33.9 Å². The Kier molecular flexibility index (Phi) is 4.04. The lowest BCUT2D eigenvalue weighted by atomic mass is 10.1. The standard InChI is InChI=1S/C14H23N5/c1-10-16-11(18-14(5,6)9-15)8-12(17-10)19(7)13(2,3)4/h8H,1-7H3,(H,16,17,18). The molecule has 1 aromatic heterocycles. The van der Waals surface area contributed by atoms with Crippen LogP contribution in [0, 0.1) is 18.3 Å². The quantitative estimate of drug-likeness (QED) is 0.906. The van der Waals surface area contributed by atoms with Gasteiger partial charge in [0.25, 0.3) is 0 Å². The molecule has 104 valence electrons. The third-order valence-electron chi connectivity index (χ3n) is 2.89. The van der Waals surface area contributed by atoms with Gasteiger partial charge in [0.1, 0.15) is 23.0 Å². The highest BCUT2D eigenvalue weighted by Gasteiger charge is 2.21. The fourth-order valence-corrected chi connectivity index (χ4v) is 1.48. The highest BCUT2D eigenvalue weighted by molar-refractivity contribution is 5.52. The fraction of sp³-hybridized carbons (Fsp3) is 0.643. The van der Waals surface area contributed by atoms with Crippen LogP contribution >= 0.6 is 0 Å². The molecule has 0 amide bonds. The smallest absolute Gasteiger partial charge is 0.134 e. The van der Waals surface area contributed by atoms with Crippen molar-refractivity contribution < 1.29 is 0 Å². The average Bonchev–Trinajstić information content (AvgIpc) is 2.25. The van der Waals surface area contributed by atoms with Crippen LogP contribution < -0.4 is 10.2 Å². The number of anilines is 2. The van der Waals surface area contributed by atoms with Crippen LogP contribution in [0.3, 0.4) is 0 Å². The van der Waals surface area contributed by atoms with E-state index in [4.69, 9.17) is 5.26 Å². The average molecular weight is 261 g/mol. The Bertz CT molecular complexity index is 494. The lowest BCUT2D eigenvalue weighted by molar-refractivity contribution is 0.533. The summed E-state index contributed by atoms with van der Waals surface area (Å²) in [4.78, 5) is 10.9. The molecule has 0 fully saturated rings. The van der Waals surface area contributed by atoms with Crippen LogP contribution in [0.4, 0.5) is 11.6 Å². The molecule has 0 aliphatic rings. The second kappa shape index (κ2) is 5.04. The summed E-state index contributed by atoms with van der Waals surface area (Å²) < 4.78 is 0. The molecule has 1 N–H and O–H groups in total. The fourth-order valence-electron chi connectivity index (χ4n) is 1.48. The topological polar surface area (TPSA) is 64.8 Å². The summed E-state index contributed by atoms with van der Waals surface area (Å²) in [6, 6.07) is 4.08. The largest absolute Gasteiger partial charge is 0.355 e. The van der Waals surface area contributed by atoms with E-state index in [0.29, 0.717) is 11.6 Å². The van der Waals surface area contributed by atoms with Crippen LogP contribution in [0.5, 0.6) is 0 Å². The zero-order valence-electron chi connectivity index (χ0n) is 12.9. The van der Waals surface area contributed by atoms with Gasteiger partial charge in [0, 0.05) is 18.7 Å². The van der Waals surface area contributed by atoms with Crippen LogP contribution in [0.2, 0.25) is 0 Å². The van der Waals surface area contributed by atoms with Crippen molar-refractivity contribution in [3.63, 3.8) is 0 Å². The maximum Gasteiger partial charge on any atom is 0.134 e. The van der Waals surface area contributed by atoms with Gasteiger partial charge in [-0.05, 0) is 41.5 Å². The summed E-state index contributed by atoms with van der Waals surface area (Å²) in [6.07, 6.45) is 0. The Labute approximate surface area is 115 Å².